The van der Waals surface area contributed by atoms with Gasteiger partial charge < -0.3 is 10.2 Å². The summed E-state index contributed by atoms with van der Waals surface area (Å²) in [6.45, 7) is 2.29. The fourth-order valence-electron chi connectivity index (χ4n) is 2.45. The molecule has 0 bridgehead atoms. The number of hydrogen-bond acceptors (Lipinski definition) is 4. The molecule has 0 radical (unpaired) electrons. The molecular formula is C14H22N2O2S. The van der Waals surface area contributed by atoms with E-state index in [0.717, 1.165) is 13.0 Å². The Labute approximate surface area is 115 Å². The predicted octanol–water partition coefficient (Wildman–Crippen LogP) is 1.07. The van der Waals surface area contributed by atoms with Gasteiger partial charge in [-0.3, -0.25) is 0 Å². The van der Waals surface area contributed by atoms with Gasteiger partial charge in [0.05, 0.1) is 11.5 Å². The van der Waals surface area contributed by atoms with Gasteiger partial charge in [0.2, 0.25) is 0 Å². The Balaban J connectivity index is 1.84. The molecule has 1 fully saturated rings. The maximum absolute atomic E-state index is 11.4. The molecule has 1 heterocycles. The summed E-state index contributed by atoms with van der Waals surface area (Å²) in [5, 5.41) is 3.33. The van der Waals surface area contributed by atoms with Crippen LogP contribution in [-0.4, -0.2) is 51.5 Å². The zero-order valence-corrected chi connectivity index (χ0v) is 12.2. The van der Waals surface area contributed by atoms with Gasteiger partial charge in [0.25, 0.3) is 0 Å². The monoisotopic (exact) mass is 282 g/mol. The summed E-state index contributed by atoms with van der Waals surface area (Å²) in [5.74, 6) is 0.616. The highest BCUT2D eigenvalue weighted by Gasteiger charge is 2.22. The van der Waals surface area contributed by atoms with E-state index in [1.54, 1.807) is 0 Å². The van der Waals surface area contributed by atoms with Crippen LogP contribution in [0.5, 0.6) is 0 Å². The molecule has 4 nitrogen and oxygen atoms in total. The van der Waals surface area contributed by atoms with Gasteiger partial charge in [-0.1, -0.05) is 30.3 Å². The molecule has 1 unspecified atom stereocenters. The zero-order chi connectivity index (χ0) is 13.7. The lowest BCUT2D eigenvalue weighted by molar-refractivity contribution is 0.278. The first-order valence-electron chi connectivity index (χ1n) is 6.76. The van der Waals surface area contributed by atoms with E-state index in [1.807, 2.05) is 25.2 Å². The Hall–Kier alpha value is -0.910. The van der Waals surface area contributed by atoms with E-state index >= 15 is 0 Å². The summed E-state index contributed by atoms with van der Waals surface area (Å²) < 4.78 is 22.7. The summed E-state index contributed by atoms with van der Waals surface area (Å²) in [6, 6.07) is 10.7. The highest BCUT2D eigenvalue weighted by Crippen LogP contribution is 2.17. The van der Waals surface area contributed by atoms with Crippen LogP contribution in [0.15, 0.2) is 30.3 Å². The minimum absolute atomic E-state index is 0.308. The fraction of sp³-hybridized carbons (Fsp3) is 0.571. The smallest absolute Gasteiger partial charge is 0.152 e. The maximum atomic E-state index is 11.4. The molecule has 0 spiro atoms. The molecule has 1 aromatic carbocycles. The van der Waals surface area contributed by atoms with Crippen molar-refractivity contribution >= 4 is 9.84 Å². The van der Waals surface area contributed by atoms with Crippen LogP contribution in [0, 0.1) is 0 Å². The normalized spacial score (nSPS) is 21.1. The fourth-order valence-corrected chi connectivity index (χ4v) is 3.73. The standard InChI is InChI=1S/C14H22N2O2S/c1-15-14(13-5-3-2-4-6-13)7-8-16-9-11-19(17,18)12-10-16/h2-6,14-15H,7-12H2,1H3. The van der Waals surface area contributed by atoms with E-state index in [9.17, 15) is 8.42 Å². The Morgan fingerprint density at radius 3 is 2.42 bits per heavy atom. The van der Waals surface area contributed by atoms with Gasteiger partial charge in [0.15, 0.2) is 9.84 Å². The topological polar surface area (TPSA) is 49.4 Å². The van der Waals surface area contributed by atoms with E-state index in [2.05, 4.69) is 22.3 Å². The van der Waals surface area contributed by atoms with E-state index in [4.69, 9.17) is 0 Å². The lowest BCUT2D eigenvalue weighted by Gasteiger charge is -2.28. The average Bonchev–Trinajstić information content (AvgIpc) is 2.42. The van der Waals surface area contributed by atoms with Crippen molar-refractivity contribution in [1.82, 2.24) is 10.2 Å². The van der Waals surface area contributed by atoms with Gasteiger partial charge in [-0.15, -0.1) is 0 Å². The van der Waals surface area contributed by atoms with Crippen molar-refractivity contribution in [2.24, 2.45) is 0 Å². The highest BCUT2D eigenvalue weighted by atomic mass is 32.2. The van der Waals surface area contributed by atoms with Crippen LogP contribution in [0.1, 0.15) is 18.0 Å². The summed E-state index contributed by atoms with van der Waals surface area (Å²) in [7, 11) is -0.799. The highest BCUT2D eigenvalue weighted by molar-refractivity contribution is 7.91. The summed E-state index contributed by atoms with van der Waals surface area (Å²) in [6.07, 6.45) is 1.00. The van der Waals surface area contributed by atoms with Crippen LogP contribution >= 0.6 is 0 Å². The molecule has 1 aliphatic heterocycles. The van der Waals surface area contributed by atoms with Crippen LogP contribution in [-0.2, 0) is 9.84 Å². The third-order valence-electron chi connectivity index (χ3n) is 3.72. The summed E-state index contributed by atoms with van der Waals surface area (Å²) >= 11 is 0. The van der Waals surface area contributed by atoms with Gasteiger partial charge in [0.1, 0.15) is 0 Å². The first-order valence-corrected chi connectivity index (χ1v) is 8.58. The van der Waals surface area contributed by atoms with Crippen molar-refractivity contribution in [2.45, 2.75) is 12.5 Å². The Kier molecular flexibility index (Phi) is 4.96. The SMILES string of the molecule is CNC(CCN1CCS(=O)(=O)CC1)c1ccccc1. The molecule has 5 heteroatoms. The number of nitrogens with zero attached hydrogens (tertiary/aromatic N) is 1. The summed E-state index contributed by atoms with van der Waals surface area (Å²) in [5.41, 5.74) is 1.29. The maximum Gasteiger partial charge on any atom is 0.152 e. The second-order valence-electron chi connectivity index (χ2n) is 5.03. The van der Waals surface area contributed by atoms with Crippen molar-refractivity contribution in [3.05, 3.63) is 35.9 Å². The molecule has 19 heavy (non-hydrogen) atoms. The molecule has 2 rings (SSSR count). The number of hydrogen-bond donors (Lipinski definition) is 1. The largest absolute Gasteiger partial charge is 0.313 e. The molecule has 0 aromatic heterocycles. The van der Waals surface area contributed by atoms with E-state index < -0.39 is 9.84 Å². The van der Waals surface area contributed by atoms with Gasteiger partial charge in [-0.05, 0) is 19.0 Å². The molecule has 0 amide bonds. The molecule has 0 saturated carbocycles. The predicted molar refractivity (Wildman–Crippen MR) is 78.0 cm³/mol. The molecular weight excluding hydrogens is 260 g/mol. The number of benzene rings is 1. The lowest BCUT2D eigenvalue weighted by atomic mass is 10.0. The van der Waals surface area contributed by atoms with Gasteiger partial charge >= 0.3 is 0 Å². The minimum atomic E-state index is -2.77. The van der Waals surface area contributed by atoms with E-state index in [1.165, 1.54) is 5.56 Å². The Bertz CT molecular complexity index is 473. The van der Waals surface area contributed by atoms with Crippen molar-refractivity contribution in [3.8, 4) is 0 Å². The Morgan fingerprint density at radius 1 is 1.21 bits per heavy atom. The lowest BCUT2D eigenvalue weighted by Crippen LogP contribution is -2.41. The molecule has 1 saturated heterocycles. The number of rotatable bonds is 5. The number of sulfone groups is 1. The second-order valence-corrected chi connectivity index (χ2v) is 7.34. The van der Waals surface area contributed by atoms with Gasteiger partial charge in [-0.25, -0.2) is 8.42 Å². The van der Waals surface area contributed by atoms with Crippen LogP contribution in [0.2, 0.25) is 0 Å². The molecule has 1 aliphatic rings. The molecule has 106 valence electrons. The summed E-state index contributed by atoms with van der Waals surface area (Å²) in [4.78, 5) is 2.24. The third-order valence-corrected chi connectivity index (χ3v) is 5.33. The number of nitrogens with one attached hydrogen (secondary N) is 1. The first kappa shape index (κ1) is 14.5. The van der Waals surface area contributed by atoms with E-state index in [0.29, 0.717) is 30.6 Å². The first-order chi connectivity index (χ1) is 9.11. The van der Waals surface area contributed by atoms with Crippen LogP contribution < -0.4 is 5.32 Å². The minimum Gasteiger partial charge on any atom is -0.313 e. The van der Waals surface area contributed by atoms with Crippen molar-refractivity contribution in [1.29, 1.82) is 0 Å². The third kappa shape index (κ3) is 4.30. The molecule has 1 atom stereocenters. The quantitative estimate of drug-likeness (QED) is 0.877. The van der Waals surface area contributed by atoms with Crippen LogP contribution in [0.3, 0.4) is 0 Å². The second kappa shape index (κ2) is 6.50. The van der Waals surface area contributed by atoms with Crippen molar-refractivity contribution in [2.75, 3.05) is 38.2 Å². The zero-order valence-electron chi connectivity index (χ0n) is 11.4. The van der Waals surface area contributed by atoms with Crippen LogP contribution in [0.4, 0.5) is 0 Å². The molecule has 0 aliphatic carbocycles. The van der Waals surface area contributed by atoms with Crippen molar-refractivity contribution in [3.63, 3.8) is 0 Å². The van der Waals surface area contributed by atoms with E-state index in [-0.39, 0.29) is 0 Å². The van der Waals surface area contributed by atoms with Crippen molar-refractivity contribution < 1.29 is 8.42 Å². The Morgan fingerprint density at radius 2 is 1.84 bits per heavy atom. The van der Waals surface area contributed by atoms with Crippen LogP contribution in [0.25, 0.3) is 0 Å². The van der Waals surface area contributed by atoms with Gasteiger partial charge in [-0.2, -0.15) is 0 Å². The van der Waals surface area contributed by atoms with Gasteiger partial charge in [0, 0.05) is 25.7 Å². The molecule has 1 N–H and O–H groups in total. The molecule has 1 aromatic rings. The average molecular weight is 282 g/mol.